The van der Waals surface area contributed by atoms with Gasteiger partial charge in [-0.25, -0.2) is 0 Å². The van der Waals surface area contributed by atoms with Crippen LogP contribution in [-0.2, 0) is 32.3 Å². The lowest BCUT2D eigenvalue weighted by atomic mass is 9.59. The third-order valence-electron chi connectivity index (χ3n) is 7.78. The maximum atomic E-state index is 13.7. The molecule has 0 amide bonds. The van der Waals surface area contributed by atoms with Crippen LogP contribution in [0.1, 0.15) is 49.3 Å². The zero-order chi connectivity index (χ0) is 25.1. The van der Waals surface area contributed by atoms with Crippen molar-refractivity contribution >= 4 is 11.9 Å². The highest BCUT2D eigenvalue weighted by molar-refractivity contribution is 6.00. The summed E-state index contributed by atoms with van der Waals surface area (Å²) in [7, 11) is 0. The summed E-state index contributed by atoms with van der Waals surface area (Å²) in [4.78, 5) is 27.4. The largest absolute Gasteiger partial charge is 0.460 e. The highest BCUT2D eigenvalue weighted by Crippen LogP contribution is 2.66. The Morgan fingerprint density at radius 3 is 1.67 bits per heavy atom. The minimum Gasteiger partial charge on any atom is -0.460 e. The predicted molar refractivity (Wildman–Crippen MR) is 139 cm³/mol. The van der Waals surface area contributed by atoms with Crippen LogP contribution >= 0.6 is 0 Å². The number of carbonyl (C=O) groups excluding carboxylic acids is 2. The van der Waals surface area contributed by atoms with Crippen molar-refractivity contribution in [1.29, 1.82) is 0 Å². The van der Waals surface area contributed by atoms with E-state index in [2.05, 4.69) is 38.1 Å². The number of fused-ring (bicyclic) bond motifs is 1. The standard InChI is InChI=1S/C32H32O4/c1-22(2)28-26-18-32(30(33)35-20-23-12-6-3-7-13-23,31(34)36-21-24-14-8-4-9-15-24)19-27(26)29(28)25-16-10-5-11-17-25/h3-17,26-27,29H,18-21H2,1-2H3/t26-,27+,29-/m0/s1. The number of hydrogen-bond acceptors (Lipinski definition) is 4. The molecule has 5 rings (SSSR count). The second kappa shape index (κ2) is 10.1. The lowest BCUT2D eigenvalue weighted by Crippen LogP contribution is -2.40. The second-order valence-corrected chi connectivity index (χ2v) is 10.2. The summed E-state index contributed by atoms with van der Waals surface area (Å²) in [6.45, 7) is 4.53. The molecule has 0 spiro atoms. The minimum atomic E-state index is -1.30. The van der Waals surface area contributed by atoms with Crippen molar-refractivity contribution in [3.05, 3.63) is 119 Å². The molecule has 4 heteroatoms. The van der Waals surface area contributed by atoms with Gasteiger partial charge in [-0.15, -0.1) is 0 Å². The van der Waals surface area contributed by atoms with Crippen LogP contribution in [-0.4, -0.2) is 11.9 Å². The van der Waals surface area contributed by atoms with Crippen LogP contribution in [0.25, 0.3) is 0 Å². The molecule has 0 radical (unpaired) electrons. The average Bonchev–Trinajstić information content (AvgIpc) is 3.23. The Labute approximate surface area is 213 Å². The first-order valence-electron chi connectivity index (χ1n) is 12.6. The molecule has 3 atom stereocenters. The smallest absolute Gasteiger partial charge is 0.323 e. The van der Waals surface area contributed by atoms with Gasteiger partial charge in [0.1, 0.15) is 13.2 Å². The van der Waals surface area contributed by atoms with E-state index in [0.29, 0.717) is 12.8 Å². The maximum Gasteiger partial charge on any atom is 0.323 e. The summed E-state index contributed by atoms with van der Waals surface area (Å²) >= 11 is 0. The molecule has 2 fully saturated rings. The van der Waals surface area contributed by atoms with Gasteiger partial charge in [0.15, 0.2) is 5.41 Å². The Balaban J connectivity index is 1.43. The van der Waals surface area contributed by atoms with E-state index in [1.165, 1.54) is 16.7 Å². The maximum absolute atomic E-state index is 13.7. The number of ether oxygens (including phenoxy) is 2. The third kappa shape index (κ3) is 4.48. The molecule has 2 aliphatic carbocycles. The number of hydrogen-bond donors (Lipinski definition) is 0. The molecule has 2 aliphatic rings. The van der Waals surface area contributed by atoms with Crippen LogP contribution in [0.4, 0.5) is 0 Å². The Hall–Kier alpha value is -3.66. The van der Waals surface area contributed by atoms with E-state index in [1.54, 1.807) is 0 Å². The van der Waals surface area contributed by atoms with E-state index in [4.69, 9.17) is 9.47 Å². The van der Waals surface area contributed by atoms with E-state index < -0.39 is 17.4 Å². The summed E-state index contributed by atoms with van der Waals surface area (Å²) in [6, 6.07) is 29.6. The molecule has 0 aliphatic heterocycles. The number of allylic oxidation sites excluding steroid dienone is 2. The fraction of sp³-hybridized carbons (Fsp3) is 0.312. The number of rotatable bonds is 7. The highest BCUT2D eigenvalue weighted by Gasteiger charge is 2.64. The van der Waals surface area contributed by atoms with E-state index in [0.717, 1.165) is 11.1 Å². The molecule has 184 valence electrons. The predicted octanol–water partition coefficient (Wildman–Crippen LogP) is 6.62. The van der Waals surface area contributed by atoms with Crippen LogP contribution in [0.5, 0.6) is 0 Å². The number of esters is 2. The van der Waals surface area contributed by atoms with Crippen molar-refractivity contribution in [2.24, 2.45) is 17.3 Å². The van der Waals surface area contributed by atoms with Gasteiger partial charge < -0.3 is 9.47 Å². The van der Waals surface area contributed by atoms with Gasteiger partial charge in [0.25, 0.3) is 0 Å². The van der Waals surface area contributed by atoms with E-state index in [-0.39, 0.29) is 31.0 Å². The van der Waals surface area contributed by atoms with Crippen molar-refractivity contribution < 1.29 is 19.1 Å². The summed E-state index contributed by atoms with van der Waals surface area (Å²) in [5, 5.41) is 0. The lowest BCUT2D eigenvalue weighted by Gasteiger charge is -2.45. The fourth-order valence-electron chi connectivity index (χ4n) is 6.10. The lowest BCUT2D eigenvalue weighted by molar-refractivity contribution is -0.174. The zero-order valence-corrected chi connectivity index (χ0v) is 20.9. The molecule has 3 aromatic carbocycles. The molecule has 0 bridgehead atoms. The first-order valence-corrected chi connectivity index (χ1v) is 12.6. The molecule has 0 N–H and O–H groups in total. The van der Waals surface area contributed by atoms with E-state index >= 15 is 0 Å². The SMILES string of the molecule is CC(C)=C1[C@H]2CC(C(=O)OCc3ccccc3)(C(=O)OCc3ccccc3)C[C@H]2[C@@H]1c1ccccc1. The molecular weight excluding hydrogens is 448 g/mol. The topological polar surface area (TPSA) is 52.6 Å². The molecular formula is C32H32O4. The first kappa shape index (κ1) is 24.1. The van der Waals surface area contributed by atoms with Gasteiger partial charge >= 0.3 is 11.9 Å². The molecule has 0 aromatic heterocycles. The van der Waals surface area contributed by atoms with E-state index in [1.807, 2.05) is 66.7 Å². The number of benzene rings is 3. The molecule has 0 unspecified atom stereocenters. The summed E-state index contributed by atoms with van der Waals surface area (Å²) in [5.74, 6) is -0.357. The molecule has 2 saturated carbocycles. The summed E-state index contributed by atoms with van der Waals surface area (Å²) in [5.41, 5.74) is 4.33. The second-order valence-electron chi connectivity index (χ2n) is 10.2. The zero-order valence-electron chi connectivity index (χ0n) is 20.9. The molecule has 3 aromatic rings. The molecule has 0 saturated heterocycles. The van der Waals surface area contributed by atoms with Crippen LogP contribution < -0.4 is 0 Å². The van der Waals surface area contributed by atoms with Gasteiger partial charge in [0, 0.05) is 5.92 Å². The van der Waals surface area contributed by atoms with Crippen LogP contribution in [0, 0.1) is 17.3 Å². The minimum absolute atomic E-state index is 0.139. The average molecular weight is 481 g/mol. The van der Waals surface area contributed by atoms with Crippen molar-refractivity contribution in [3.63, 3.8) is 0 Å². The van der Waals surface area contributed by atoms with Gasteiger partial charge in [-0.2, -0.15) is 0 Å². The molecule has 36 heavy (non-hydrogen) atoms. The quantitative estimate of drug-likeness (QED) is 0.217. The van der Waals surface area contributed by atoms with Gasteiger partial charge in [-0.05, 0) is 55.2 Å². The Bertz CT molecular complexity index is 1190. The van der Waals surface area contributed by atoms with Gasteiger partial charge in [-0.3, -0.25) is 9.59 Å². The van der Waals surface area contributed by atoms with Crippen LogP contribution in [0.3, 0.4) is 0 Å². The molecule has 4 nitrogen and oxygen atoms in total. The Kier molecular flexibility index (Phi) is 6.77. The van der Waals surface area contributed by atoms with Crippen LogP contribution in [0.15, 0.2) is 102 Å². The van der Waals surface area contributed by atoms with Crippen LogP contribution in [0.2, 0.25) is 0 Å². The Morgan fingerprint density at radius 2 is 1.19 bits per heavy atom. The van der Waals surface area contributed by atoms with Gasteiger partial charge in [0.05, 0.1) is 0 Å². The molecule has 0 heterocycles. The fourth-order valence-corrected chi connectivity index (χ4v) is 6.10. The van der Waals surface area contributed by atoms with Gasteiger partial charge in [-0.1, -0.05) is 102 Å². The monoisotopic (exact) mass is 480 g/mol. The van der Waals surface area contributed by atoms with Crippen molar-refractivity contribution in [3.8, 4) is 0 Å². The van der Waals surface area contributed by atoms with Crippen molar-refractivity contribution in [1.82, 2.24) is 0 Å². The summed E-state index contributed by atoms with van der Waals surface area (Å²) in [6.07, 6.45) is 0.873. The third-order valence-corrected chi connectivity index (χ3v) is 7.78. The normalized spacial score (nSPS) is 21.7. The number of carbonyl (C=O) groups is 2. The van der Waals surface area contributed by atoms with Crippen molar-refractivity contribution in [2.45, 2.75) is 45.8 Å². The Morgan fingerprint density at radius 1 is 0.722 bits per heavy atom. The van der Waals surface area contributed by atoms with E-state index in [9.17, 15) is 9.59 Å². The first-order chi connectivity index (χ1) is 17.5. The van der Waals surface area contributed by atoms with Gasteiger partial charge in [0.2, 0.25) is 0 Å². The summed E-state index contributed by atoms with van der Waals surface area (Å²) < 4.78 is 11.6. The highest BCUT2D eigenvalue weighted by atomic mass is 16.6. The van der Waals surface area contributed by atoms with Crippen molar-refractivity contribution in [2.75, 3.05) is 0 Å².